The molecule has 0 bridgehead atoms. The second-order valence-corrected chi connectivity index (χ2v) is 4.68. The zero-order valence-electron chi connectivity index (χ0n) is 11.3. The third kappa shape index (κ3) is 2.21. The quantitative estimate of drug-likeness (QED) is 0.819. The van der Waals surface area contributed by atoms with Gasteiger partial charge in [0.15, 0.2) is 5.58 Å². The van der Waals surface area contributed by atoms with Crippen LogP contribution in [0.3, 0.4) is 0 Å². The minimum absolute atomic E-state index is 0.526. The zero-order valence-corrected chi connectivity index (χ0v) is 11.3. The summed E-state index contributed by atoms with van der Waals surface area (Å²) in [6.45, 7) is 7.86. The number of fused-ring (bicyclic) bond motifs is 1. The number of nitrogens with zero attached hydrogens (tertiary/aromatic N) is 1. The maximum Gasteiger partial charge on any atom is 0.153 e. The first-order valence-electron chi connectivity index (χ1n) is 6.14. The highest BCUT2D eigenvalue weighted by atomic mass is 16.3. The number of aryl methyl sites for hydroxylation is 1. The summed E-state index contributed by atoms with van der Waals surface area (Å²) in [6.07, 6.45) is 2.68. The van der Waals surface area contributed by atoms with E-state index in [9.17, 15) is 0 Å². The summed E-state index contributed by atoms with van der Waals surface area (Å²) in [5, 5.41) is 8.89. The molecule has 0 aliphatic carbocycles. The molecule has 0 saturated heterocycles. The van der Waals surface area contributed by atoms with Crippen molar-refractivity contribution in [3.05, 3.63) is 35.4 Å². The molecule has 0 aromatic carbocycles. The van der Waals surface area contributed by atoms with Gasteiger partial charge in [-0.3, -0.25) is 4.98 Å². The molecule has 0 atom stereocenters. The van der Waals surface area contributed by atoms with Gasteiger partial charge < -0.3 is 9.83 Å². The third-order valence-corrected chi connectivity index (χ3v) is 2.94. The summed E-state index contributed by atoms with van der Waals surface area (Å²) < 4.78 is 5.79. The van der Waals surface area contributed by atoms with Crippen molar-refractivity contribution in [2.45, 2.75) is 34.1 Å². The summed E-state index contributed by atoms with van der Waals surface area (Å²) in [6, 6.07) is 4.04. The standard InChI is InChI=1S/C15H18N2O/c1-5-12-6-11-7-13(18-14(11)8-17-12)15(9(2)3)10(4)16/h6-8,16H,5H2,1-4H3. The molecule has 0 radical (unpaired) electrons. The maximum absolute atomic E-state index is 7.84. The lowest BCUT2D eigenvalue weighted by atomic mass is 10.0. The first kappa shape index (κ1) is 12.6. The van der Waals surface area contributed by atoms with Crippen LogP contribution in [0, 0.1) is 5.41 Å². The molecule has 0 saturated carbocycles. The van der Waals surface area contributed by atoms with Gasteiger partial charge in [-0.2, -0.15) is 0 Å². The lowest BCUT2D eigenvalue weighted by Crippen LogP contribution is -1.95. The van der Waals surface area contributed by atoms with Gasteiger partial charge in [-0.25, -0.2) is 0 Å². The Kier molecular flexibility index (Phi) is 3.32. The molecule has 3 nitrogen and oxygen atoms in total. The highest BCUT2D eigenvalue weighted by Crippen LogP contribution is 2.27. The molecule has 0 unspecified atom stereocenters. The van der Waals surface area contributed by atoms with Crippen LogP contribution < -0.4 is 0 Å². The number of hydrogen-bond donors (Lipinski definition) is 1. The number of aromatic nitrogens is 1. The molecule has 0 fully saturated rings. The van der Waals surface area contributed by atoms with E-state index in [0.717, 1.165) is 40.0 Å². The molecular weight excluding hydrogens is 224 g/mol. The van der Waals surface area contributed by atoms with Gasteiger partial charge in [0, 0.05) is 22.4 Å². The molecule has 18 heavy (non-hydrogen) atoms. The van der Waals surface area contributed by atoms with Crippen molar-refractivity contribution < 1.29 is 4.42 Å². The summed E-state index contributed by atoms with van der Waals surface area (Å²) >= 11 is 0. The van der Waals surface area contributed by atoms with Crippen molar-refractivity contribution >= 4 is 22.3 Å². The first-order chi connectivity index (χ1) is 8.52. The van der Waals surface area contributed by atoms with Gasteiger partial charge >= 0.3 is 0 Å². The van der Waals surface area contributed by atoms with Crippen molar-refractivity contribution in [2.75, 3.05) is 0 Å². The Labute approximate surface area is 107 Å². The number of allylic oxidation sites excluding steroid dienone is 2. The maximum atomic E-state index is 7.84. The predicted molar refractivity (Wildman–Crippen MR) is 75.1 cm³/mol. The fourth-order valence-electron chi connectivity index (χ4n) is 2.11. The Bertz CT molecular complexity index is 631. The van der Waals surface area contributed by atoms with Crippen LogP contribution in [0.2, 0.25) is 0 Å². The summed E-state index contributed by atoms with van der Waals surface area (Å²) in [7, 11) is 0. The van der Waals surface area contributed by atoms with Crippen LogP contribution >= 0.6 is 0 Å². The Morgan fingerprint density at radius 1 is 1.28 bits per heavy atom. The van der Waals surface area contributed by atoms with Crippen LogP contribution in [0.15, 0.2) is 28.3 Å². The van der Waals surface area contributed by atoms with E-state index < -0.39 is 0 Å². The van der Waals surface area contributed by atoms with Gasteiger partial charge in [0.05, 0.1) is 6.20 Å². The number of nitrogens with one attached hydrogen (secondary N) is 1. The molecule has 0 amide bonds. The van der Waals surface area contributed by atoms with Crippen molar-refractivity contribution in [3.63, 3.8) is 0 Å². The van der Waals surface area contributed by atoms with E-state index in [1.165, 1.54) is 0 Å². The minimum atomic E-state index is 0.526. The largest absolute Gasteiger partial charge is 0.454 e. The van der Waals surface area contributed by atoms with Crippen LogP contribution in [0.25, 0.3) is 16.5 Å². The molecule has 0 spiro atoms. The van der Waals surface area contributed by atoms with Crippen LogP contribution in [0.4, 0.5) is 0 Å². The van der Waals surface area contributed by atoms with Crippen LogP contribution in [-0.2, 0) is 6.42 Å². The van der Waals surface area contributed by atoms with Gasteiger partial charge in [-0.05, 0) is 39.3 Å². The SMILES string of the molecule is CCc1cc2cc(C(C(C)=N)=C(C)C)oc2cn1. The van der Waals surface area contributed by atoms with E-state index in [4.69, 9.17) is 9.83 Å². The van der Waals surface area contributed by atoms with Crippen LogP contribution in [0.1, 0.15) is 39.1 Å². The molecule has 2 rings (SSSR count). The van der Waals surface area contributed by atoms with E-state index in [0.29, 0.717) is 5.71 Å². The second-order valence-electron chi connectivity index (χ2n) is 4.68. The molecular formula is C15H18N2O. The van der Waals surface area contributed by atoms with Crippen LogP contribution in [0.5, 0.6) is 0 Å². The Hall–Kier alpha value is -1.90. The summed E-state index contributed by atoms with van der Waals surface area (Å²) in [4.78, 5) is 4.32. The van der Waals surface area contributed by atoms with E-state index in [1.807, 2.05) is 26.0 Å². The molecule has 0 aliphatic heterocycles. The summed E-state index contributed by atoms with van der Waals surface area (Å²) in [5.74, 6) is 0.757. The molecule has 3 heteroatoms. The van der Waals surface area contributed by atoms with Crippen molar-refractivity contribution in [1.82, 2.24) is 4.98 Å². The monoisotopic (exact) mass is 242 g/mol. The lowest BCUT2D eigenvalue weighted by molar-refractivity contribution is 0.599. The highest BCUT2D eigenvalue weighted by Gasteiger charge is 2.12. The van der Waals surface area contributed by atoms with Gasteiger partial charge in [-0.1, -0.05) is 12.5 Å². The molecule has 1 N–H and O–H groups in total. The van der Waals surface area contributed by atoms with Crippen molar-refractivity contribution in [3.8, 4) is 0 Å². The molecule has 2 aromatic heterocycles. The number of pyridine rings is 1. The van der Waals surface area contributed by atoms with Crippen molar-refractivity contribution in [2.24, 2.45) is 0 Å². The van der Waals surface area contributed by atoms with Crippen molar-refractivity contribution in [1.29, 1.82) is 5.41 Å². The van der Waals surface area contributed by atoms with Crippen LogP contribution in [-0.4, -0.2) is 10.7 Å². The number of hydrogen-bond acceptors (Lipinski definition) is 3. The fraction of sp³-hybridized carbons (Fsp3) is 0.333. The average molecular weight is 242 g/mol. The van der Waals surface area contributed by atoms with E-state index >= 15 is 0 Å². The van der Waals surface area contributed by atoms with Gasteiger partial charge in [0.1, 0.15) is 5.76 Å². The number of rotatable bonds is 3. The normalized spacial score (nSPS) is 10.7. The smallest absolute Gasteiger partial charge is 0.153 e. The fourth-order valence-corrected chi connectivity index (χ4v) is 2.11. The van der Waals surface area contributed by atoms with Gasteiger partial charge in [0.2, 0.25) is 0 Å². The highest BCUT2D eigenvalue weighted by molar-refractivity contribution is 6.21. The minimum Gasteiger partial charge on any atom is -0.454 e. The lowest BCUT2D eigenvalue weighted by Gasteiger charge is -2.03. The van der Waals surface area contributed by atoms with E-state index in [1.54, 1.807) is 13.1 Å². The van der Waals surface area contributed by atoms with E-state index in [2.05, 4.69) is 11.9 Å². The Morgan fingerprint density at radius 3 is 2.56 bits per heavy atom. The molecule has 0 aliphatic rings. The Morgan fingerprint density at radius 2 is 2.00 bits per heavy atom. The molecule has 2 aromatic rings. The summed E-state index contributed by atoms with van der Waals surface area (Å²) in [5.41, 5.74) is 4.33. The first-order valence-corrected chi connectivity index (χ1v) is 6.14. The topological polar surface area (TPSA) is 49.9 Å². The average Bonchev–Trinajstić information content (AvgIpc) is 2.69. The predicted octanol–water partition coefficient (Wildman–Crippen LogP) is 4.22. The zero-order chi connectivity index (χ0) is 13.3. The second kappa shape index (κ2) is 4.77. The van der Waals surface area contributed by atoms with E-state index in [-0.39, 0.29) is 0 Å². The Balaban J connectivity index is 2.60. The van der Waals surface area contributed by atoms with Gasteiger partial charge in [0.25, 0.3) is 0 Å². The number of furan rings is 1. The third-order valence-electron chi connectivity index (χ3n) is 2.94. The molecule has 2 heterocycles. The molecule has 94 valence electrons. The van der Waals surface area contributed by atoms with Gasteiger partial charge in [-0.15, -0.1) is 0 Å².